The molecular weight excluding hydrogens is 480 g/mol. The SMILES string of the molecule is CCOCCCN(CC(=O)c1c(C)c(C(=O)OCC)n(CC)c1C)S(=O)(=O)c1c(C)cc(C)cc1C. The smallest absolute Gasteiger partial charge is 0.355 e. The van der Waals surface area contributed by atoms with Crippen molar-refractivity contribution in [2.75, 3.05) is 32.9 Å². The fraction of sp³-hybridized carbons (Fsp3) is 0.556. The lowest BCUT2D eigenvalue weighted by Crippen LogP contribution is -2.38. The van der Waals surface area contributed by atoms with E-state index in [1.165, 1.54) is 4.31 Å². The fourth-order valence-electron chi connectivity index (χ4n) is 4.88. The van der Waals surface area contributed by atoms with Crippen molar-refractivity contribution in [1.29, 1.82) is 0 Å². The number of benzene rings is 1. The number of carbonyl (C=O) groups excluding carboxylic acids is 2. The number of nitrogens with zero attached hydrogens (tertiary/aromatic N) is 2. The van der Waals surface area contributed by atoms with Crippen molar-refractivity contribution in [3.63, 3.8) is 0 Å². The Morgan fingerprint density at radius 3 is 2.11 bits per heavy atom. The molecule has 36 heavy (non-hydrogen) atoms. The van der Waals surface area contributed by atoms with Gasteiger partial charge in [0.05, 0.1) is 18.0 Å². The molecule has 0 fully saturated rings. The molecule has 2 rings (SSSR count). The fourth-order valence-corrected chi connectivity index (χ4v) is 6.72. The van der Waals surface area contributed by atoms with Crippen molar-refractivity contribution in [3.8, 4) is 0 Å². The Morgan fingerprint density at radius 1 is 0.972 bits per heavy atom. The molecule has 0 radical (unpaired) electrons. The van der Waals surface area contributed by atoms with Crippen LogP contribution in [0.25, 0.3) is 0 Å². The van der Waals surface area contributed by atoms with Crippen LogP contribution in [0.2, 0.25) is 0 Å². The van der Waals surface area contributed by atoms with Gasteiger partial charge >= 0.3 is 5.97 Å². The van der Waals surface area contributed by atoms with E-state index in [1.807, 2.05) is 32.9 Å². The van der Waals surface area contributed by atoms with Gasteiger partial charge < -0.3 is 14.0 Å². The summed E-state index contributed by atoms with van der Waals surface area (Å²) in [6.45, 7) is 15.9. The van der Waals surface area contributed by atoms with Gasteiger partial charge in [-0.25, -0.2) is 13.2 Å². The molecule has 0 N–H and O–H groups in total. The zero-order valence-corrected chi connectivity index (χ0v) is 23.7. The first-order valence-electron chi connectivity index (χ1n) is 12.5. The highest BCUT2D eigenvalue weighted by molar-refractivity contribution is 7.89. The normalized spacial score (nSPS) is 11.8. The Morgan fingerprint density at radius 2 is 1.58 bits per heavy atom. The monoisotopic (exact) mass is 520 g/mol. The molecule has 1 heterocycles. The van der Waals surface area contributed by atoms with Gasteiger partial charge in [0.25, 0.3) is 0 Å². The van der Waals surface area contributed by atoms with E-state index in [1.54, 1.807) is 39.2 Å². The van der Waals surface area contributed by atoms with Gasteiger partial charge in [0.2, 0.25) is 10.0 Å². The average Bonchev–Trinajstić information content (AvgIpc) is 3.04. The van der Waals surface area contributed by atoms with Crippen LogP contribution in [-0.4, -0.2) is 62.0 Å². The Hall–Kier alpha value is -2.49. The summed E-state index contributed by atoms with van der Waals surface area (Å²) in [4.78, 5) is 26.5. The number of Topliss-reactive ketones (excluding diaryl/α,β-unsaturated/α-hetero) is 1. The van der Waals surface area contributed by atoms with Gasteiger partial charge in [-0.1, -0.05) is 17.7 Å². The van der Waals surface area contributed by atoms with Gasteiger partial charge in [0.15, 0.2) is 5.78 Å². The van der Waals surface area contributed by atoms with Crippen LogP contribution in [0, 0.1) is 34.6 Å². The summed E-state index contributed by atoms with van der Waals surface area (Å²) in [5.74, 6) is -0.851. The van der Waals surface area contributed by atoms with Gasteiger partial charge in [-0.3, -0.25) is 4.79 Å². The molecule has 0 bridgehead atoms. The van der Waals surface area contributed by atoms with Crippen LogP contribution in [-0.2, 0) is 26.0 Å². The molecule has 1 aromatic heterocycles. The third kappa shape index (κ3) is 6.25. The third-order valence-electron chi connectivity index (χ3n) is 6.25. The van der Waals surface area contributed by atoms with E-state index in [0.717, 1.165) is 5.56 Å². The summed E-state index contributed by atoms with van der Waals surface area (Å²) < 4.78 is 41.3. The Balaban J connectivity index is 2.54. The highest BCUT2D eigenvalue weighted by atomic mass is 32.2. The van der Waals surface area contributed by atoms with E-state index in [9.17, 15) is 18.0 Å². The minimum absolute atomic E-state index is 0.137. The molecule has 0 aliphatic carbocycles. The van der Waals surface area contributed by atoms with Crippen LogP contribution in [0.15, 0.2) is 17.0 Å². The standard InChI is InChI=1S/C27H40N2O6S/c1-9-29-22(8)24(21(7)25(29)27(31)35-11-3)23(30)17-28(13-12-14-34-10-2)36(32,33)26-19(5)15-18(4)16-20(26)6/h15-16H,9-14,17H2,1-8H3. The van der Waals surface area contributed by atoms with Crippen molar-refractivity contribution >= 4 is 21.8 Å². The predicted molar refractivity (Wildman–Crippen MR) is 140 cm³/mol. The van der Waals surface area contributed by atoms with Crippen LogP contribution in [0.1, 0.15) is 76.0 Å². The van der Waals surface area contributed by atoms with Crippen molar-refractivity contribution < 1.29 is 27.5 Å². The zero-order chi connectivity index (χ0) is 27.2. The van der Waals surface area contributed by atoms with Gasteiger partial charge in [-0.15, -0.1) is 0 Å². The molecule has 0 saturated carbocycles. The number of hydrogen-bond donors (Lipinski definition) is 0. The molecule has 0 saturated heterocycles. The number of sulfonamides is 1. The molecule has 2 aromatic rings. The number of aryl methyl sites for hydroxylation is 3. The van der Waals surface area contributed by atoms with Gasteiger partial charge in [0, 0.05) is 37.6 Å². The molecule has 9 heteroatoms. The van der Waals surface area contributed by atoms with Crippen LogP contribution in [0.5, 0.6) is 0 Å². The molecule has 0 unspecified atom stereocenters. The zero-order valence-electron chi connectivity index (χ0n) is 22.9. The lowest BCUT2D eigenvalue weighted by atomic mass is 10.1. The minimum atomic E-state index is -3.97. The van der Waals surface area contributed by atoms with E-state index in [0.29, 0.717) is 59.8 Å². The summed E-state index contributed by atoms with van der Waals surface area (Å²) in [6, 6.07) is 3.67. The first-order valence-corrected chi connectivity index (χ1v) is 13.9. The van der Waals surface area contributed by atoms with Crippen molar-refractivity contribution in [1.82, 2.24) is 8.87 Å². The van der Waals surface area contributed by atoms with Crippen LogP contribution in [0.3, 0.4) is 0 Å². The van der Waals surface area contributed by atoms with E-state index >= 15 is 0 Å². The lowest BCUT2D eigenvalue weighted by Gasteiger charge is -2.24. The molecule has 200 valence electrons. The highest BCUT2D eigenvalue weighted by Crippen LogP contribution is 2.28. The third-order valence-corrected chi connectivity index (χ3v) is 8.40. The second kappa shape index (κ2) is 12.7. The number of ether oxygens (including phenoxy) is 2. The van der Waals surface area contributed by atoms with Crippen molar-refractivity contribution in [2.24, 2.45) is 0 Å². The minimum Gasteiger partial charge on any atom is -0.461 e. The highest BCUT2D eigenvalue weighted by Gasteiger charge is 2.32. The molecule has 8 nitrogen and oxygen atoms in total. The number of rotatable bonds is 13. The molecule has 0 aliphatic heterocycles. The van der Waals surface area contributed by atoms with Crippen LogP contribution >= 0.6 is 0 Å². The molecular formula is C27H40N2O6S. The average molecular weight is 521 g/mol. The quantitative estimate of drug-likeness (QED) is 0.219. The van der Waals surface area contributed by atoms with Crippen LogP contribution < -0.4 is 0 Å². The molecule has 0 atom stereocenters. The summed E-state index contributed by atoms with van der Waals surface area (Å²) in [5, 5.41) is 0. The van der Waals surface area contributed by atoms with Crippen molar-refractivity contribution in [2.45, 2.75) is 73.3 Å². The molecule has 0 aliphatic rings. The topological polar surface area (TPSA) is 94.9 Å². The first-order chi connectivity index (χ1) is 16.9. The Labute approximate surface area is 215 Å². The maximum absolute atomic E-state index is 13.9. The van der Waals surface area contributed by atoms with Gasteiger partial charge in [-0.05, 0) is 78.5 Å². The molecule has 0 amide bonds. The predicted octanol–water partition coefficient (Wildman–Crippen LogP) is 4.53. The Bertz CT molecular complexity index is 1190. The largest absolute Gasteiger partial charge is 0.461 e. The summed E-state index contributed by atoms with van der Waals surface area (Å²) in [6.07, 6.45) is 0.451. The van der Waals surface area contributed by atoms with E-state index in [4.69, 9.17) is 9.47 Å². The maximum Gasteiger partial charge on any atom is 0.355 e. The van der Waals surface area contributed by atoms with E-state index < -0.39 is 16.0 Å². The van der Waals surface area contributed by atoms with Gasteiger partial charge in [0.1, 0.15) is 5.69 Å². The summed E-state index contributed by atoms with van der Waals surface area (Å²) in [5.41, 5.74) is 4.08. The number of aromatic nitrogens is 1. The number of esters is 1. The Kier molecular flexibility index (Phi) is 10.5. The van der Waals surface area contributed by atoms with Crippen molar-refractivity contribution in [3.05, 3.63) is 51.3 Å². The first kappa shape index (κ1) is 29.7. The number of carbonyl (C=O) groups is 2. The van der Waals surface area contributed by atoms with Crippen LogP contribution in [0.4, 0.5) is 0 Å². The van der Waals surface area contributed by atoms with E-state index in [-0.39, 0.29) is 30.4 Å². The second-order valence-electron chi connectivity index (χ2n) is 8.94. The van der Waals surface area contributed by atoms with Gasteiger partial charge in [-0.2, -0.15) is 4.31 Å². The molecule has 1 aromatic carbocycles. The maximum atomic E-state index is 13.9. The number of hydrogen-bond acceptors (Lipinski definition) is 6. The summed E-state index contributed by atoms with van der Waals surface area (Å²) >= 11 is 0. The van der Waals surface area contributed by atoms with E-state index in [2.05, 4.69) is 0 Å². The second-order valence-corrected chi connectivity index (χ2v) is 10.8. The summed E-state index contributed by atoms with van der Waals surface area (Å²) in [7, 11) is -3.97. The number of ketones is 1. The lowest BCUT2D eigenvalue weighted by molar-refractivity contribution is 0.0512. The molecule has 0 spiro atoms.